The predicted molar refractivity (Wildman–Crippen MR) is 104 cm³/mol. The number of nitrogens with one attached hydrogen (secondary N) is 1. The molecule has 10 heteroatoms. The van der Waals surface area contributed by atoms with E-state index in [0.29, 0.717) is 16.5 Å². The Morgan fingerprint density at radius 2 is 1.70 bits per heavy atom. The van der Waals surface area contributed by atoms with Crippen LogP contribution >= 0.6 is 23.4 Å². The second-order valence-electron chi connectivity index (χ2n) is 5.33. The van der Waals surface area contributed by atoms with Gasteiger partial charge in [0.05, 0.1) is 11.3 Å². The first kappa shape index (κ1) is 21.2. The van der Waals surface area contributed by atoms with E-state index in [-0.39, 0.29) is 11.3 Å². The van der Waals surface area contributed by atoms with E-state index < -0.39 is 28.5 Å². The number of thioether (sulfide) groups is 1. The van der Waals surface area contributed by atoms with E-state index in [1.165, 1.54) is 36.0 Å². The Bertz CT molecular complexity index is 900. The quantitative estimate of drug-likeness (QED) is 0.493. The zero-order valence-corrected chi connectivity index (χ0v) is 16.4. The highest BCUT2D eigenvalue weighted by Gasteiger charge is 2.10. The molecule has 0 bridgehead atoms. The number of rotatable bonds is 8. The maximum atomic E-state index is 11.8. The highest BCUT2D eigenvalue weighted by molar-refractivity contribution is 7.99. The summed E-state index contributed by atoms with van der Waals surface area (Å²) in [5.74, 6) is -0.509. The van der Waals surface area contributed by atoms with E-state index >= 15 is 0 Å². The maximum absolute atomic E-state index is 11.8. The molecule has 0 atom stereocenters. The van der Waals surface area contributed by atoms with Crippen LogP contribution in [0.3, 0.4) is 0 Å². The van der Waals surface area contributed by atoms with E-state index in [9.17, 15) is 18.0 Å². The van der Waals surface area contributed by atoms with Gasteiger partial charge in [-0.05, 0) is 48.5 Å². The highest BCUT2D eigenvalue weighted by atomic mass is 35.5. The summed E-state index contributed by atoms with van der Waals surface area (Å²) < 4.78 is 27.2. The van der Waals surface area contributed by atoms with Crippen LogP contribution in [-0.2, 0) is 24.3 Å². The van der Waals surface area contributed by atoms with Crippen LogP contribution in [0.25, 0.3) is 0 Å². The number of halogens is 1. The average molecular weight is 429 g/mol. The first-order chi connectivity index (χ1) is 12.7. The SMILES string of the molecule is NS(=O)(=O)c1ccc(NC(=O)COC(=O)CCSc2ccc(Cl)cc2)cc1. The van der Waals surface area contributed by atoms with Crippen molar-refractivity contribution in [1.82, 2.24) is 0 Å². The highest BCUT2D eigenvalue weighted by Crippen LogP contribution is 2.21. The Balaban J connectivity index is 1.70. The van der Waals surface area contributed by atoms with Crippen molar-refractivity contribution >= 4 is 50.9 Å². The smallest absolute Gasteiger partial charge is 0.307 e. The molecular formula is C17H17ClN2O5S2. The van der Waals surface area contributed by atoms with Crippen molar-refractivity contribution in [3.05, 3.63) is 53.6 Å². The van der Waals surface area contributed by atoms with Crippen LogP contribution in [0.4, 0.5) is 5.69 Å². The monoisotopic (exact) mass is 428 g/mol. The van der Waals surface area contributed by atoms with E-state index in [0.717, 1.165) is 4.90 Å². The number of carbonyl (C=O) groups excluding carboxylic acids is 2. The summed E-state index contributed by atoms with van der Waals surface area (Å²) in [5.41, 5.74) is 0.363. The average Bonchev–Trinajstić information content (AvgIpc) is 2.61. The van der Waals surface area contributed by atoms with Gasteiger partial charge in [0.1, 0.15) is 0 Å². The number of esters is 1. The molecule has 0 aliphatic heterocycles. The van der Waals surface area contributed by atoms with Crippen molar-refractivity contribution in [1.29, 1.82) is 0 Å². The molecule has 0 heterocycles. The topological polar surface area (TPSA) is 116 Å². The molecule has 0 aliphatic rings. The molecule has 1 amide bonds. The van der Waals surface area contributed by atoms with Crippen molar-refractivity contribution < 1.29 is 22.7 Å². The number of hydrogen-bond acceptors (Lipinski definition) is 6. The van der Waals surface area contributed by atoms with Gasteiger partial charge in [0.15, 0.2) is 6.61 Å². The van der Waals surface area contributed by atoms with Gasteiger partial charge in [0.2, 0.25) is 10.0 Å². The third-order valence-corrected chi connectivity index (χ3v) is 5.41. The molecule has 144 valence electrons. The molecule has 0 saturated heterocycles. The van der Waals surface area contributed by atoms with Gasteiger partial charge < -0.3 is 10.1 Å². The predicted octanol–water partition coefficient (Wildman–Crippen LogP) is 2.65. The molecule has 7 nitrogen and oxygen atoms in total. The Kier molecular flexibility index (Phi) is 7.66. The Hall–Kier alpha value is -2.07. The van der Waals surface area contributed by atoms with Crippen molar-refractivity contribution in [2.45, 2.75) is 16.2 Å². The van der Waals surface area contributed by atoms with Crippen molar-refractivity contribution in [3.8, 4) is 0 Å². The van der Waals surface area contributed by atoms with Crippen molar-refractivity contribution in [2.75, 3.05) is 17.7 Å². The number of carbonyl (C=O) groups is 2. The van der Waals surface area contributed by atoms with Crippen LogP contribution in [0, 0.1) is 0 Å². The number of sulfonamides is 1. The first-order valence-corrected chi connectivity index (χ1v) is 10.6. The number of hydrogen-bond donors (Lipinski definition) is 2. The summed E-state index contributed by atoms with van der Waals surface area (Å²) in [6.07, 6.45) is 0.156. The number of amides is 1. The summed E-state index contributed by atoms with van der Waals surface area (Å²) in [6, 6.07) is 12.6. The second kappa shape index (κ2) is 9.75. The van der Waals surface area contributed by atoms with Gasteiger partial charge in [0, 0.05) is 21.4 Å². The molecule has 0 fully saturated rings. The van der Waals surface area contributed by atoms with Crippen LogP contribution in [0.1, 0.15) is 6.42 Å². The molecule has 0 radical (unpaired) electrons. The molecule has 0 aromatic heterocycles. The molecule has 2 aromatic carbocycles. The number of anilines is 1. The Labute approximate surface area is 166 Å². The van der Waals surface area contributed by atoms with Crippen LogP contribution in [0.15, 0.2) is 58.3 Å². The summed E-state index contributed by atoms with van der Waals surface area (Å²) in [4.78, 5) is 24.4. The normalized spacial score (nSPS) is 11.0. The molecule has 0 unspecified atom stereocenters. The molecule has 3 N–H and O–H groups in total. The van der Waals surface area contributed by atoms with Crippen LogP contribution in [0.5, 0.6) is 0 Å². The van der Waals surface area contributed by atoms with Crippen LogP contribution in [0.2, 0.25) is 5.02 Å². The van der Waals surface area contributed by atoms with Crippen LogP contribution in [-0.4, -0.2) is 32.7 Å². The minimum Gasteiger partial charge on any atom is -0.456 e. The maximum Gasteiger partial charge on any atom is 0.307 e. The lowest BCUT2D eigenvalue weighted by Crippen LogP contribution is -2.21. The molecule has 27 heavy (non-hydrogen) atoms. The standard InChI is InChI=1S/C17H17ClN2O5S2/c18-12-1-5-14(6-2-12)26-10-9-17(22)25-11-16(21)20-13-3-7-15(8-4-13)27(19,23)24/h1-8H,9-11H2,(H,20,21)(H2,19,23,24). The largest absolute Gasteiger partial charge is 0.456 e. The molecule has 0 saturated carbocycles. The zero-order valence-electron chi connectivity index (χ0n) is 14.1. The first-order valence-electron chi connectivity index (χ1n) is 7.71. The van der Waals surface area contributed by atoms with Gasteiger partial charge in [-0.1, -0.05) is 11.6 Å². The fraction of sp³-hybridized carbons (Fsp3) is 0.176. The van der Waals surface area contributed by atoms with Gasteiger partial charge >= 0.3 is 5.97 Å². The van der Waals surface area contributed by atoms with Crippen molar-refractivity contribution in [2.24, 2.45) is 5.14 Å². The Morgan fingerprint density at radius 1 is 1.07 bits per heavy atom. The molecular weight excluding hydrogens is 412 g/mol. The third kappa shape index (κ3) is 7.59. The fourth-order valence-electron chi connectivity index (χ4n) is 1.93. The second-order valence-corrected chi connectivity index (χ2v) is 8.50. The number of primary sulfonamides is 1. The third-order valence-electron chi connectivity index (χ3n) is 3.22. The Morgan fingerprint density at radius 3 is 2.30 bits per heavy atom. The molecule has 0 aliphatic carbocycles. The lowest BCUT2D eigenvalue weighted by atomic mass is 10.3. The minimum atomic E-state index is -3.79. The lowest BCUT2D eigenvalue weighted by molar-refractivity contribution is -0.146. The molecule has 2 rings (SSSR count). The lowest BCUT2D eigenvalue weighted by Gasteiger charge is -2.07. The van der Waals surface area contributed by atoms with E-state index in [1.807, 2.05) is 12.1 Å². The van der Waals surface area contributed by atoms with Gasteiger partial charge in [-0.3, -0.25) is 9.59 Å². The van der Waals surface area contributed by atoms with Crippen molar-refractivity contribution in [3.63, 3.8) is 0 Å². The van der Waals surface area contributed by atoms with Crippen LogP contribution < -0.4 is 10.5 Å². The zero-order chi connectivity index (χ0) is 19.9. The molecule has 0 spiro atoms. The number of benzene rings is 2. The number of ether oxygens (including phenoxy) is 1. The van der Waals surface area contributed by atoms with E-state index in [4.69, 9.17) is 21.5 Å². The van der Waals surface area contributed by atoms with E-state index in [2.05, 4.69) is 5.32 Å². The summed E-state index contributed by atoms with van der Waals surface area (Å²) in [5, 5.41) is 8.13. The van der Waals surface area contributed by atoms with Gasteiger partial charge in [-0.15, -0.1) is 11.8 Å². The summed E-state index contributed by atoms with van der Waals surface area (Å²) in [6.45, 7) is -0.429. The molecule has 2 aromatic rings. The van der Waals surface area contributed by atoms with E-state index in [1.54, 1.807) is 12.1 Å². The number of nitrogens with two attached hydrogens (primary N) is 1. The van der Waals surface area contributed by atoms with Gasteiger partial charge in [-0.2, -0.15) is 0 Å². The fourth-order valence-corrected chi connectivity index (χ4v) is 3.40. The summed E-state index contributed by atoms with van der Waals surface area (Å²) in [7, 11) is -3.79. The minimum absolute atomic E-state index is 0.0647. The van der Waals surface area contributed by atoms with Gasteiger partial charge in [-0.25, -0.2) is 13.6 Å². The summed E-state index contributed by atoms with van der Waals surface area (Å²) >= 11 is 7.28. The van der Waals surface area contributed by atoms with Gasteiger partial charge in [0.25, 0.3) is 5.91 Å².